The molecule has 1 N–H and O–H groups in total. The second-order valence-corrected chi connectivity index (χ2v) is 14.8. The van der Waals surface area contributed by atoms with E-state index in [1.807, 2.05) is 94.4 Å². The first-order valence-electron chi connectivity index (χ1n) is 18.6. The SMILES string of the molecule is C/C(=C\c1cc(F)cc(N(C)C2CCN(C(=O)c3ccccc3)CC2)c1)[C@H]1OC(=O)C[C@H](O)CC[C@H](C)[C@@H](OC(=O)N2CCN(C)CC2)/C=C\[C@@H]1C. The molecule has 0 radical (unpaired) electrons. The third-order valence-electron chi connectivity index (χ3n) is 10.7. The molecule has 282 valence electrons. The van der Waals surface area contributed by atoms with Gasteiger partial charge in [0.2, 0.25) is 0 Å². The van der Waals surface area contributed by atoms with Crippen molar-refractivity contribution in [2.75, 3.05) is 58.3 Å². The Morgan fingerprint density at radius 2 is 1.63 bits per heavy atom. The number of piperazine rings is 1. The summed E-state index contributed by atoms with van der Waals surface area (Å²) in [5.41, 5.74) is 2.74. The lowest BCUT2D eigenvalue weighted by Gasteiger charge is -2.38. The molecule has 2 saturated heterocycles. The smallest absolute Gasteiger partial charge is 0.410 e. The Balaban J connectivity index is 1.30. The molecular weight excluding hydrogens is 663 g/mol. The highest BCUT2D eigenvalue weighted by molar-refractivity contribution is 5.94. The van der Waals surface area contributed by atoms with E-state index in [1.54, 1.807) is 4.90 Å². The van der Waals surface area contributed by atoms with Gasteiger partial charge >= 0.3 is 12.1 Å². The summed E-state index contributed by atoms with van der Waals surface area (Å²) in [5, 5.41) is 10.7. The number of hydrogen-bond acceptors (Lipinski definition) is 8. The molecule has 0 unspecified atom stereocenters. The number of hydrogen-bond donors (Lipinski definition) is 1. The van der Waals surface area contributed by atoms with Gasteiger partial charge in [-0.25, -0.2) is 9.18 Å². The second-order valence-electron chi connectivity index (χ2n) is 14.8. The summed E-state index contributed by atoms with van der Waals surface area (Å²) in [6.45, 7) is 9.77. The standard InChI is InChI=1S/C41H55FN4O6/c1-28-11-13-36(47)27-38(48)52-39(29(2)12-14-37(28)51-41(50)46-21-19-43(4)20-22-46)30(3)23-31-24-33(42)26-35(25-31)44(5)34-15-17-45(18-16-34)40(49)32-9-7-6-8-10-32/h6-10,12,14,23-26,28-29,34,36-37,39,47H,11,13,15-22,27H2,1-5H3/b14-12-,30-23+/t28-,29-,36+,37-,39-/m0/s1. The number of benzene rings is 2. The van der Waals surface area contributed by atoms with E-state index in [0.717, 1.165) is 31.6 Å². The third kappa shape index (κ3) is 10.4. The molecule has 0 aliphatic carbocycles. The quantitative estimate of drug-likeness (QED) is 0.287. The van der Waals surface area contributed by atoms with Gasteiger partial charge in [0.1, 0.15) is 18.0 Å². The number of amides is 2. The summed E-state index contributed by atoms with van der Waals surface area (Å²) < 4.78 is 27.1. The molecule has 2 amide bonds. The largest absolute Gasteiger partial charge is 0.457 e. The van der Waals surface area contributed by atoms with Gasteiger partial charge in [-0.1, -0.05) is 44.2 Å². The molecule has 11 heteroatoms. The molecular formula is C41H55FN4O6. The fourth-order valence-corrected chi connectivity index (χ4v) is 7.29. The van der Waals surface area contributed by atoms with Crippen LogP contribution in [-0.4, -0.2) is 115 Å². The Morgan fingerprint density at radius 3 is 2.33 bits per heavy atom. The molecule has 0 bridgehead atoms. The number of anilines is 1. The molecule has 2 aromatic rings. The van der Waals surface area contributed by atoms with Gasteiger partial charge in [0, 0.05) is 69.5 Å². The lowest BCUT2D eigenvalue weighted by atomic mass is 9.91. The number of nitrogens with zero attached hydrogens (tertiary/aromatic N) is 4. The van der Waals surface area contributed by atoms with Crippen molar-refractivity contribution >= 4 is 29.7 Å². The minimum absolute atomic E-state index is 0.0260. The Kier molecular flexibility index (Phi) is 13.5. The minimum Gasteiger partial charge on any atom is -0.457 e. The van der Waals surface area contributed by atoms with Crippen molar-refractivity contribution in [2.24, 2.45) is 11.8 Å². The molecule has 0 aromatic heterocycles. The number of likely N-dealkylation sites (tertiary alicyclic amines) is 1. The van der Waals surface area contributed by atoms with Gasteiger partial charge in [0.15, 0.2) is 0 Å². The fraction of sp³-hybridized carbons (Fsp3) is 0.537. The van der Waals surface area contributed by atoms with Crippen LogP contribution in [0.4, 0.5) is 14.9 Å². The van der Waals surface area contributed by atoms with Crippen molar-refractivity contribution < 1.29 is 33.4 Å². The number of rotatable bonds is 6. The first kappa shape index (κ1) is 39.0. The summed E-state index contributed by atoms with van der Waals surface area (Å²) >= 11 is 0. The summed E-state index contributed by atoms with van der Waals surface area (Å²) in [7, 11) is 3.98. The molecule has 3 aliphatic rings. The number of carbonyl (C=O) groups excluding carboxylic acids is 3. The van der Waals surface area contributed by atoms with Crippen LogP contribution in [0.1, 0.15) is 68.8 Å². The maximum Gasteiger partial charge on any atom is 0.410 e. The molecule has 3 aliphatic heterocycles. The van der Waals surface area contributed by atoms with E-state index in [-0.39, 0.29) is 42.1 Å². The van der Waals surface area contributed by atoms with E-state index in [2.05, 4.69) is 9.80 Å². The average molecular weight is 719 g/mol. The molecule has 52 heavy (non-hydrogen) atoms. The molecule has 3 heterocycles. The Hall–Kier alpha value is -4.22. The maximum absolute atomic E-state index is 15.1. The highest BCUT2D eigenvalue weighted by Crippen LogP contribution is 2.29. The van der Waals surface area contributed by atoms with Crippen LogP contribution in [0.15, 0.2) is 66.3 Å². The number of ether oxygens (including phenoxy) is 2. The maximum atomic E-state index is 15.1. The number of aliphatic hydroxyl groups excluding tert-OH is 1. The van der Waals surface area contributed by atoms with Crippen LogP contribution >= 0.6 is 0 Å². The van der Waals surface area contributed by atoms with Gasteiger partial charge in [-0.05, 0) is 93.1 Å². The van der Waals surface area contributed by atoms with Crippen LogP contribution < -0.4 is 4.90 Å². The van der Waals surface area contributed by atoms with E-state index in [4.69, 9.17) is 9.47 Å². The Morgan fingerprint density at radius 1 is 0.942 bits per heavy atom. The van der Waals surface area contributed by atoms with Crippen molar-refractivity contribution in [3.8, 4) is 0 Å². The van der Waals surface area contributed by atoms with Crippen molar-refractivity contribution in [3.63, 3.8) is 0 Å². The van der Waals surface area contributed by atoms with Crippen LogP contribution in [0.3, 0.4) is 0 Å². The van der Waals surface area contributed by atoms with Gasteiger partial charge < -0.3 is 34.2 Å². The highest BCUT2D eigenvalue weighted by atomic mass is 19.1. The number of likely N-dealkylation sites (N-methyl/N-ethyl adjacent to an activating group) is 1. The zero-order valence-electron chi connectivity index (χ0n) is 31.2. The topological polar surface area (TPSA) is 103 Å². The predicted octanol–water partition coefficient (Wildman–Crippen LogP) is 6.01. The van der Waals surface area contributed by atoms with Crippen LogP contribution in [0.2, 0.25) is 0 Å². The molecule has 5 atom stereocenters. The van der Waals surface area contributed by atoms with Crippen LogP contribution in [0, 0.1) is 17.7 Å². The first-order valence-corrected chi connectivity index (χ1v) is 18.6. The van der Waals surface area contributed by atoms with E-state index in [0.29, 0.717) is 55.7 Å². The van der Waals surface area contributed by atoms with E-state index in [1.165, 1.54) is 12.1 Å². The molecule has 10 nitrogen and oxygen atoms in total. The number of esters is 1. The zero-order valence-corrected chi connectivity index (χ0v) is 31.2. The summed E-state index contributed by atoms with van der Waals surface area (Å²) in [6, 6.07) is 14.3. The van der Waals surface area contributed by atoms with Gasteiger partial charge in [0.05, 0.1) is 12.5 Å². The fourth-order valence-electron chi connectivity index (χ4n) is 7.29. The lowest BCUT2D eigenvalue weighted by molar-refractivity contribution is -0.151. The number of cyclic esters (lactones) is 1. The molecule has 2 fully saturated rings. The average Bonchev–Trinajstić information content (AvgIpc) is 3.13. The Labute approximate surface area is 307 Å². The second kappa shape index (κ2) is 18.0. The number of piperidine rings is 1. The van der Waals surface area contributed by atoms with Crippen molar-refractivity contribution in [1.82, 2.24) is 14.7 Å². The van der Waals surface area contributed by atoms with Crippen LogP contribution in [0.5, 0.6) is 0 Å². The first-order chi connectivity index (χ1) is 24.9. The third-order valence-corrected chi connectivity index (χ3v) is 10.7. The van der Waals surface area contributed by atoms with Gasteiger partial charge in [-0.15, -0.1) is 0 Å². The predicted molar refractivity (Wildman–Crippen MR) is 200 cm³/mol. The summed E-state index contributed by atoms with van der Waals surface area (Å²) in [5.74, 6) is -1.26. The van der Waals surface area contributed by atoms with Crippen LogP contribution in [-0.2, 0) is 14.3 Å². The molecule has 0 saturated carbocycles. The van der Waals surface area contributed by atoms with E-state index < -0.39 is 24.3 Å². The number of aliphatic hydroxyl groups is 1. The molecule has 0 spiro atoms. The Bertz CT molecular complexity index is 1580. The van der Waals surface area contributed by atoms with Gasteiger partial charge in [0.25, 0.3) is 5.91 Å². The van der Waals surface area contributed by atoms with Gasteiger partial charge in [-0.2, -0.15) is 0 Å². The lowest BCUT2D eigenvalue weighted by Crippen LogP contribution is -2.48. The van der Waals surface area contributed by atoms with Crippen molar-refractivity contribution in [3.05, 3.63) is 83.2 Å². The molecule has 2 aromatic carbocycles. The monoisotopic (exact) mass is 718 g/mol. The highest BCUT2D eigenvalue weighted by Gasteiger charge is 2.30. The summed E-state index contributed by atoms with van der Waals surface area (Å²) in [4.78, 5) is 47.0. The number of carbonyl (C=O) groups is 3. The normalized spacial score (nSPS) is 26.5. The number of halogens is 1. The van der Waals surface area contributed by atoms with Crippen molar-refractivity contribution in [2.45, 2.75) is 77.2 Å². The zero-order chi connectivity index (χ0) is 37.4. The van der Waals surface area contributed by atoms with E-state index >= 15 is 4.39 Å². The van der Waals surface area contributed by atoms with E-state index in [9.17, 15) is 19.5 Å². The molecule has 5 rings (SSSR count). The van der Waals surface area contributed by atoms with Crippen molar-refractivity contribution in [1.29, 1.82) is 0 Å². The van der Waals surface area contributed by atoms with Gasteiger partial charge in [-0.3, -0.25) is 9.59 Å². The van der Waals surface area contributed by atoms with Crippen LogP contribution in [0.25, 0.3) is 6.08 Å². The summed E-state index contributed by atoms with van der Waals surface area (Å²) in [6.07, 6.45) is 5.46. The minimum atomic E-state index is -0.891.